The Labute approximate surface area is 80.0 Å². The highest BCUT2D eigenvalue weighted by Crippen LogP contribution is 2.21. The van der Waals surface area contributed by atoms with Gasteiger partial charge in [-0.1, -0.05) is 0 Å². The molecule has 0 aromatic heterocycles. The topological polar surface area (TPSA) is 66.7 Å². The molecular formula is C10H7NO3. The molecule has 0 spiro atoms. The summed E-state index contributed by atoms with van der Waals surface area (Å²) < 4.78 is 0. The van der Waals surface area contributed by atoms with Crippen LogP contribution < -0.4 is 0 Å². The summed E-state index contributed by atoms with van der Waals surface area (Å²) in [5.74, 6) is -1.01. The van der Waals surface area contributed by atoms with Crippen LogP contribution in [0.15, 0.2) is 40.6 Å². The average molecular weight is 189 g/mol. The van der Waals surface area contributed by atoms with Crippen molar-refractivity contribution >= 4 is 17.5 Å². The van der Waals surface area contributed by atoms with Crippen molar-refractivity contribution in [3.8, 4) is 0 Å². The number of nitrogens with zero attached hydrogens (tertiary/aromatic N) is 1. The summed E-state index contributed by atoms with van der Waals surface area (Å²) in [7, 11) is 0. The lowest BCUT2D eigenvalue weighted by molar-refractivity contribution is -0.136. The van der Waals surface area contributed by atoms with Crippen LogP contribution in [0.4, 0.5) is 0 Å². The van der Waals surface area contributed by atoms with Gasteiger partial charge >= 0.3 is 5.97 Å². The largest absolute Gasteiger partial charge is 0.481 e. The van der Waals surface area contributed by atoms with Crippen LogP contribution in [-0.4, -0.2) is 22.6 Å². The van der Waals surface area contributed by atoms with Crippen molar-refractivity contribution in [1.29, 1.82) is 0 Å². The van der Waals surface area contributed by atoms with Gasteiger partial charge in [-0.2, -0.15) is 0 Å². The molecule has 70 valence electrons. The van der Waals surface area contributed by atoms with E-state index in [0.717, 1.165) is 0 Å². The number of hydrogen-bond donors (Lipinski definition) is 1. The molecule has 1 aliphatic carbocycles. The summed E-state index contributed by atoms with van der Waals surface area (Å²) in [4.78, 5) is 25.5. The van der Waals surface area contributed by atoms with Crippen molar-refractivity contribution in [3.63, 3.8) is 0 Å². The smallest absolute Gasteiger partial charge is 0.309 e. The van der Waals surface area contributed by atoms with E-state index in [1.54, 1.807) is 12.2 Å². The lowest BCUT2D eigenvalue weighted by Crippen LogP contribution is -2.02. The Kier molecular flexibility index (Phi) is 1.89. The van der Waals surface area contributed by atoms with Crippen LogP contribution in [0.1, 0.15) is 6.42 Å². The third-order valence-corrected chi connectivity index (χ3v) is 1.92. The number of fused-ring (bicyclic) bond motifs is 1. The molecule has 0 amide bonds. The summed E-state index contributed by atoms with van der Waals surface area (Å²) in [5, 5.41) is 8.54. The third kappa shape index (κ3) is 1.54. The van der Waals surface area contributed by atoms with Gasteiger partial charge in [0.2, 0.25) is 0 Å². The highest BCUT2D eigenvalue weighted by molar-refractivity contribution is 6.22. The maximum Gasteiger partial charge on any atom is 0.309 e. The van der Waals surface area contributed by atoms with Gasteiger partial charge in [0.25, 0.3) is 0 Å². The van der Waals surface area contributed by atoms with E-state index in [9.17, 15) is 9.59 Å². The zero-order valence-electron chi connectivity index (χ0n) is 7.23. The molecule has 0 fully saturated rings. The lowest BCUT2D eigenvalue weighted by Gasteiger charge is -1.99. The van der Waals surface area contributed by atoms with Crippen LogP contribution in [0.2, 0.25) is 0 Å². The Hall–Kier alpha value is -1.97. The fourth-order valence-electron chi connectivity index (χ4n) is 1.36. The van der Waals surface area contributed by atoms with Crippen molar-refractivity contribution in [1.82, 2.24) is 0 Å². The predicted octanol–water partition coefficient (Wildman–Crippen LogP) is 0.865. The molecule has 1 heterocycles. The first-order valence-corrected chi connectivity index (χ1v) is 4.10. The second kappa shape index (κ2) is 3.06. The van der Waals surface area contributed by atoms with E-state index in [0.29, 0.717) is 17.0 Å². The van der Waals surface area contributed by atoms with E-state index in [4.69, 9.17) is 5.11 Å². The zero-order chi connectivity index (χ0) is 10.1. The van der Waals surface area contributed by atoms with E-state index in [1.165, 1.54) is 12.2 Å². The van der Waals surface area contributed by atoms with E-state index >= 15 is 0 Å². The predicted molar refractivity (Wildman–Crippen MR) is 50.0 cm³/mol. The van der Waals surface area contributed by atoms with Crippen LogP contribution in [0.25, 0.3) is 0 Å². The number of carboxylic acid groups (broad SMARTS) is 1. The van der Waals surface area contributed by atoms with E-state index in [1.807, 2.05) is 0 Å². The maximum absolute atomic E-state index is 11.0. The van der Waals surface area contributed by atoms with Gasteiger partial charge in [-0.3, -0.25) is 14.6 Å². The minimum Gasteiger partial charge on any atom is -0.481 e. The summed E-state index contributed by atoms with van der Waals surface area (Å²) >= 11 is 0. The Morgan fingerprint density at radius 3 is 2.86 bits per heavy atom. The van der Waals surface area contributed by atoms with Crippen molar-refractivity contribution < 1.29 is 14.7 Å². The van der Waals surface area contributed by atoms with Gasteiger partial charge in [0.05, 0.1) is 17.8 Å². The summed E-state index contributed by atoms with van der Waals surface area (Å²) in [6.07, 6.45) is 5.99. The van der Waals surface area contributed by atoms with Crippen LogP contribution in [0.5, 0.6) is 0 Å². The highest BCUT2D eigenvalue weighted by Gasteiger charge is 2.17. The number of aliphatic carboxylic acids is 1. The van der Waals surface area contributed by atoms with Gasteiger partial charge in [0, 0.05) is 5.57 Å². The second-order valence-corrected chi connectivity index (χ2v) is 3.04. The minimum atomic E-state index is -0.921. The number of carbonyl (C=O) groups excluding carboxylic acids is 1. The molecule has 1 aliphatic heterocycles. The van der Waals surface area contributed by atoms with E-state index < -0.39 is 5.97 Å². The van der Waals surface area contributed by atoms with Crippen molar-refractivity contribution in [2.24, 2.45) is 4.99 Å². The molecular weight excluding hydrogens is 182 g/mol. The molecule has 0 saturated carbocycles. The zero-order valence-corrected chi connectivity index (χ0v) is 7.23. The monoisotopic (exact) mass is 189 g/mol. The molecule has 4 heteroatoms. The first-order valence-electron chi connectivity index (χ1n) is 4.10. The molecule has 0 radical (unpaired) electrons. The Balaban J connectivity index is 2.28. The molecule has 2 rings (SSSR count). The van der Waals surface area contributed by atoms with Crippen LogP contribution in [0.3, 0.4) is 0 Å². The molecule has 0 aromatic rings. The number of carbonyl (C=O) groups is 2. The standard InChI is InChI=1S/C10H7NO3/c12-8-1-2-9-6(4-8)3-7(11-9)5-10(13)14/h1-4H,5H2,(H,13,14). The average Bonchev–Trinajstić information content (AvgIpc) is 2.44. The Morgan fingerprint density at radius 2 is 2.14 bits per heavy atom. The minimum absolute atomic E-state index is 0.0909. The number of hydrogen-bond acceptors (Lipinski definition) is 3. The normalized spacial score (nSPS) is 18.6. The molecule has 14 heavy (non-hydrogen) atoms. The Bertz CT molecular complexity index is 438. The number of rotatable bonds is 2. The van der Waals surface area contributed by atoms with Crippen LogP contribution >= 0.6 is 0 Å². The fraction of sp³-hybridized carbons (Fsp3) is 0.100. The molecule has 2 aliphatic rings. The number of carboxylic acids is 1. The van der Waals surface area contributed by atoms with Crippen LogP contribution in [0, 0.1) is 0 Å². The van der Waals surface area contributed by atoms with Gasteiger partial charge in [0.15, 0.2) is 5.78 Å². The fourth-order valence-corrected chi connectivity index (χ4v) is 1.36. The number of aliphatic imine (C=N–C) groups is 1. The van der Waals surface area contributed by atoms with Gasteiger partial charge in [-0.05, 0) is 24.3 Å². The summed E-state index contributed by atoms with van der Waals surface area (Å²) in [6.45, 7) is 0. The SMILES string of the molecule is O=C1C=CC2=NC(CC(=O)O)=CC2=C1. The molecule has 0 bridgehead atoms. The maximum atomic E-state index is 11.0. The molecule has 0 unspecified atom stereocenters. The number of allylic oxidation sites excluding steroid dienone is 5. The van der Waals surface area contributed by atoms with E-state index in [2.05, 4.69) is 4.99 Å². The van der Waals surface area contributed by atoms with Gasteiger partial charge < -0.3 is 5.11 Å². The lowest BCUT2D eigenvalue weighted by atomic mass is 10.0. The van der Waals surface area contributed by atoms with Crippen molar-refractivity contribution in [2.75, 3.05) is 0 Å². The first-order chi connectivity index (χ1) is 6.65. The first kappa shape index (κ1) is 8.62. The van der Waals surface area contributed by atoms with Gasteiger partial charge in [0.1, 0.15) is 0 Å². The van der Waals surface area contributed by atoms with Crippen molar-refractivity contribution in [2.45, 2.75) is 6.42 Å². The summed E-state index contributed by atoms with van der Waals surface area (Å²) in [6, 6.07) is 0. The van der Waals surface area contributed by atoms with Gasteiger partial charge in [-0.25, -0.2) is 0 Å². The molecule has 4 nitrogen and oxygen atoms in total. The van der Waals surface area contributed by atoms with Gasteiger partial charge in [-0.15, -0.1) is 0 Å². The molecule has 0 aromatic carbocycles. The number of ketones is 1. The molecule has 1 N–H and O–H groups in total. The molecule has 0 saturated heterocycles. The third-order valence-electron chi connectivity index (χ3n) is 1.92. The highest BCUT2D eigenvalue weighted by atomic mass is 16.4. The van der Waals surface area contributed by atoms with Crippen molar-refractivity contribution in [3.05, 3.63) is 35.6 Å². The quantitative estimate of drug-likeness (QED) is 0.655. The van der Waals surface area contributed by atoms with Crippen LogP contribution in [-0.2, 0) is 9.59 Å². The van der Waals surface area contributed by atoms with E-state index in [-0.39, 0.29) is 12.2 Å². The summed E-state index contributed by atoms with van der Waals surface area (Å²) in [5.41, 5.74) is 1.85. The Morgan fingerprint density at radius 1 is 1.36 bits per heavy atom. The molecule has 0 atom stereocenters. The second-order valence-electron chi connectivity index (χ2n) is 3.04.